The molecule has 0 aliphatic carbocycles. The quantitative estimate of drug-likeness (QED) is 0.563. The van der Waals surface area contributed by atoms with E-state index in [4.69, 9.17) is 6.42 Å². The molecule has 3 N–H and O–H groups in total. The zero-order valence-corrected chi connectivity index (χ0v) is 16.2. The third-order valence-electron chi connectivity index (χ3n) is 4.39. The first kappa shape index (κ1) is 20.6. The van der Waals surface area contributed by atoms with E-state index in [-0.39, 0.29) is 11.2 Å². The van der Waals surface area contributed by atoms with Crippen LogP contribution >= 0.6 is 0 Å². The third-order valence-corrected chi connectivity index (χ3v) is 4.39. The summed E-state index contributed by atoms with van der Waals surface area (Å²) in [6.45, 7) is 0. The lowest BCUT2D eigenvalue weighted by molar-refractivity contribution is -0.111. The molecular weight excluding hydrogens is 390 g/mol. The van der Waals surface area contributed by atoms with Gasteiger partial charge in [0.25, 0.3) is 11.5 Å². The Labute approximate surface area is 171 Å². The summed E-state index contributed by atoms with van der Waals surface area (Å²) in [6.07, 6.45) is 6.76. The highest BCUT2D eigenvalue weighted by molar-refractivity contribution is 6.07. The van der Waals surface area contributed by atoms with Gasteiger partial charge >= 0.3 is 0 Å². The molecule has 0 saturated carbocycles. The van der Waals surface area contributed by atoms with Crippen molar-refractivity contribution in [2.24, 2.45) is 7.05 Å². The molecule has 6 nitrogen and oxygen atoms in total. The largest absolute Gasteiger partial charge is 0.384 e. The van der Waals surface area contributed by atoms with Crippen LogP contribution in [0.4, 0.5) is 31.5 Å². The van der Waals surface area contributed by atoms with Crippen molar-refractivity contribution in [3.8, 4) is 23.5 Å². The van der Waals surface area contributed by atoms with E-state index in [2.05, 4.69) is 16.0 Å². The Bertz CT molecular complexity index is 1230. The molecule has 0 atom stereocenters. The standard InChI is InChI=1S/C22H18F2N4O2/c1-4-20(29)27-18-7-5-6-17(26-16-9-8-14(23)11-15(16)24)21(18)13-10-19(25-2)22(30)28(3)12-13/h1,5-12,25-26H,2-3H3,(H,27,29). The number of amides is 1. The smallest absolute Gasteiger partial charge is 0.300 e. The van der Waals surface area contributed by atoms with Gasteiger partial charge in [-0.1, -0.05) is 6.07 Å². The Hall–Kier alpha value is -4.12. The minimum atomic E-state index is -0.782. The molecule has 30 heavy (non-hydrogen) atoms. The van der Waals surface area contributed by atoms with Crippen LogP contribution in [0, 0.1) is 24.0 Å². The summed E-state index contributed by atoms with van der Waals surface area (Å²) in [6, 6.07) is 9.68. The minimum absolute atomic E-state index is 0.0386. The number of nitrogens with zero attached hydrogens (tertiary/aromatic N) is 1. The normalized spacial score (nSPS) is 10.2. The molecule has 3 rings (SSSR count). The molecule has 8 heteroatoms. The predicted octanol–water partition coefficient (Wildman–Crippen LogP) is 3.69. The van der Waals surface area contributed by atoms with Crippen LogP contribution in [0.1, 0.15) is 0 Å². The molecule has 0 fully saturated rings. The van der Waals surface area contributed by atoms with Gasteiger partial charge in [-0.15, -0.1) is 6.42 Å². The van der Waals surface area contributed by atoms with Gasteiger partial charge in [0.15, 0.2) is 0 Å². The third kappa shape index (κ3) is 4.15. The number of benzene rings is 2. The number of hydrogen-bond donors (Lipinski definition) is 3. The number of carbonyl (C=O) groups is 1. The Kier molecular flexibility index (Phi) is 5.83. The van der Waals surface area contributed by atoms with E-state index in [1.54, 1.807) is 44.6 Å². The van der Waals surface area contributed by atoms with Crippen LogP contribution < -0.4 is 21.5 Å². The fourth-order valence-electron chi connectivity index (χ4n) is 2.99. The number of pyridine rings is 1. The van der Waals surface area contributed by atoms with Crippen LogP contribution in [0.2, 0.25) is 0 Å². The van der Waals surface area contributed by atoms with Gasteiger partial charge in [-0.05, 0) is 36.3 Å². The molecule has 0 unspecified atom stereocenters. The summed E-state index contributed by atoms with van der Waals surface area (Å²) in [5.74, 6) is -0.172. The lowest BCUT2D eigenvalue weighted by atomic mass is 10.0. The van der Waals surface area contributed by atoms with Crippen molar-refractivity contribution in [2.45, 2.75) is 0 Å². The Morgan fingerprint density at radius 1 is 1.07 bits per heavy atom. The zero-order valence-electron chi connectivity index (χ0n) is 16.2. The monoisotopic (exact) mass is 408 g/mol. The summed E-state index contributed by atoms with van der Waals surface area (Å²) in [7, 11) is 3.20. The highest BCUT2D eigenvalue weighted by atomic mass is 19.1. The average Bonchev–Trinajstić information content (AvgIpc) is 2.72. The molecule has 3 aromatic rings. The maximum absolute atomic E-state index is 14.2. The molecule has 0 radical (unpaired) electrons. The first-order valence-corrected chi connectivity index (χ1v) is 8.85. The Morgan fingerprint density at radius 3 is 2.47 bits per heavy atom. The molecule has 0 saturated heterocycles. The fraction of sp³-hybridized carbons (Fsp3) is 0.0909. The topological polar surface area (TPSA) is 75.2 Å². The van der Waals surface area contributed by atoms with E-state index in [1.807, 2.05) is 5.92 Å². The fourth-order valence-corrected chi connectivity index (χ4v) is 2.99. The van der Waals surface area contributed by atoms with Crippen LogP contribution in [0.3, 0.4) is 0 Å². The van der Waals surface area contributed by atoms with Gasteiger partial charge in [-0.3, -0.25) is 9.59 Å². The van der Waals surface area contributed by atoms with Crippen LogP contribution in [-0.4, -0.2) is 17.5 Å². The summed E-state index contributed by atoms with van der Waals surface area (Å²) >= 11 is 0. The molecular formula is C22H18F2N4O2. The SMILES string of the molecule is C#CC(=O)Nc1cccc(Nc2ccc(F)cc2F)c1-c1cc(NC)c(=O)n(C)c1. The number of anilines is 4. The number of nitrogens with one attached hydrogen (secondary N) is 3. The summed E-state index contributed by atoms with van der Waals surface area (Å²) in [4.78, 5) is 24.1. The number of terminal acetylenes is 1. The zero-order chi connectivity index (χ0) is 21.8. The van der Waals surface area contributed by atoms with E-state index >= 15 is 0 Å². The number of aromatic nitrogens is 1. The molecule has 0 aliphatic heterocycles. The van der Waals surface area contributed by atoms with Crippen molar-refractivity contribution in [3.63, 3.8) is 0 Å². The average molecular weight is 408 g/mol. The van der Waals surface area contributed by atoms with Crippen molar-refractivity contribution in [3.05, 3.63) is 70.6 Å². The van der Waals surface area contributed by atoms with Crippen LogP contribution in [-0.2, 0) is 11.8 Å². The first-order chi connectivity index (χ1) is 14.3. The second kappa shape index (κ2) is 8.49. The summed E-state index contributed by atoms with van der Waals surface area (Å²) < 4.78 is 28.9. The van der Waals surface area contributed by atoms with E-state index in [9.17, 15) is 18.4 Å². The van der Waals surface area contributed by atoms with Crippen molar-refractivity contribution >= 4 is 28.7 Å². The highest BCUT2D eigenvalue weighted by Gasteiger charge is 2.16. The number of aryl methyl sites for hydroxylation is 1. The van der Waals surface area contributed by atoms with Crippen molar-refractivity contribution in [1.82, 2.24) is 4.57 Å². The molecule has 1 heterocycles. The summed E-state index contributed by atoms with van der Waals surface area (Å²) in [5.41, 5.74) is 1.91. The van der Waals surface area contributed by atoms with E-state index in [1.165, 1.54) is 10.6 Å². The van der Waals surface area contributed by atoms with Gasteiger partial charge in [0.05, 0.1) is 11.4 Å². The lowest BCUT2D eigenvalue weighted by Crippen LogP contribution is -2.19. The number of carbonyl (C=O) groups excluding carboxylic acids is 1. The van der Waals surface area contributed by atoms with Crippen LogP contribution in [0.25, 0.3) is 11.1 Å². The number of rotatable bonds is 5. The first-order valence-electron chi connectivity index (χ1n) is 8.85. The number of halogens is 2. The summed E-state index contributed by atoms with van der Waals surface area (Å²) in [5, 5.41) is 8.35. The lowest BCUT2D eigenvalue weighted by Gasteiger charge is -2.18. The van der Waals surface area contributed by atoms with Gasteiger partial charge in [0, 0.05) is 43.2 Å². The maximum Gasteiger partial charge on any atom is 0.300 e. The maximum atomic E-state index is 14.2. The number of hydrogen-bond acceptors (Lipinski definition) is 4. The Balaban J connectivity index is 2.22. The molecule has 2 aromatic carbocycles. The van der Waals surface area contributed by atoms with E-state index < -0.39 is 17.5 Å². The predicted molar refractivity (Wildman–Crippen MR) is 114 cm³/mol. The van der Waals surface area contributed by atoms with Crippen LogP contribution in [0.5, 0.6) is 0 Å². The van der Waals surface area contributed by atoms with Crippen molar-refractivity contribution < 1.29 is 13.6 Å². The second-order valence-electron chi connectivity index (χ2n) is 6.38. The minimum Gasteiger partial charge on any atom is -0.384 e. The van der Waals surface area contributed by atoms with Crippen molar-refractivity contribution in [1.29, 1.82) is 0 Å². The second-order valence-corrected chi connectivity index (χ2v) is 6.38. The highest BCUT2D eigenvalue weighted by Crippen LogP contribution is 2.37. The van der Waals surface area contributed by atoms with E-state index in [0.717, 1.165) is 12.1 Å². The molecule has 1 amide bonds. The molecule has 1 aromatic heterocycles. The Morgan fingerprint density at radius 2 is 1.80 bits per heavy atom. The van der Waals surface area contributed by atoms with Gasteiger partial charge in [0.1, 0.15) is 17.3 Å². The van der Waals surface area contributed by atoms with Gasteiger partial charge in [-0.2, -0.15) is 0 Å². The molecule has 0 bridgehead atoms. The van der Waals surface area contributed by atoms with Gasteiger partial charge in [0.2, 0.25) is 0 Å². The van der Waals surface area contributed by atoms with Gasteiger partial charge < -0.3 is 20.5 Å². The molecule has 0 aliphatic rings. The van der Waals surface area contributed by atoms with Crippen molar-refractivity contribution in [2.75, 3.05) is 23.0 Å². The van der Waals surface area contributed by atoms with Gasteiger partial charge in [-0.25, -0.2) is 8.78 Å². The van der Waals surface area contributed by atoms with E-state index in [0.29, 0.717) is 28.2 Å². The van der Waals surface area contributed by atoms with Crippen LogP contribution in [0.15, 0.2) is 53.5 Å². The molecule has 0 spiro atoms. The molecule has 152 valence electrons.